The Hall–Kier alpha value is -2.05. The number of primary amides is 2. The molecule has 0 fully saturated rings. The van der Waals surface area contributed by atoms with Crippen molar-refractivity contribution in [3.8, 4) is 10.4 Å². The van der Waals surface area contributed by atoms with E-state index in [4.69, 9.17) is 23.1 Å². The quantitative estimate of drug-likeness (QED) is 0.811. The number of rotatable bonds is 3. The Bertz CT molecular complexity index is 637. The summed E-state index contributed by atoms with van der Waals surface area (Å²) in [6, 6.07) is 7.97. The highest BCUT2D eigenvalue weighted by Gasteiger charge is 2.15. The van der Waals surface area contributed by atoms with Gasteiger partial charge in [-0.2, -0.15) is 0 Å². The molecule has 3 amide bonds. The van der Waals surface area contributed by atoms with E-state index in [1.54, 1.807) is 18.2 Å². The minimum Gasteiger partial charge on any atom is -0.366 e. The Labute approximate surface area is 118 Å². The fourth-order valence-electron chi connectivity index (χ4n) is 1.54. The van der Waals surface area contributed by atoms with Crippen LogP contribution in [-0.2, 0) is 0 Å². The van der Waals surface area contributed by atoms with Gasteiger partial charge >= 0.3 is 6.03 Å². The number of nitrogens with two attached hydrogens (primary N) is 2. The average molecular weight is 296 g/mol. The molecule has 0 unspecified atom stereocenters. The summed E-state index contributed by atoms with van der Waals surface area (Å²) in [4.78, 5) is 23.0. The molecule has 1 heterocycles. The molecule has 0 aliphatic carbocycles. The minimum atomic E-state index is -0.744. The molecule has 0 bridgehead atoms. The Morgan fingerprint density at radius 1 is 1.16 bits per heavy atom. The Kier molecular flexibility index (Phi) is 3.73. The molecule has 1 aromatic carbocycles. The smallest absolute Gasteiger partial charge is 0.317 e. The number of amides is 3. The highest BCUT2D eigenvalue weighted by molar-refractivity contribution is 7.20. The summed E-state index contributed by atoms with van der Waals surface area (Å²) in [5.41, 5.74) is 11.4. The van der Waals surface area contributed by atoms with Crippen molar-refractivity contribution >= 4 is 39.9 Å². The van der Waals surface area contributed by atoms with Gasteiger partial charge in [0.25, 0.3) is 5.91 Å². The molecule has 0 saturated carbocycles. The van der Waals surface area contributed by atoms with Gasteiger partial charge in [0.1, 0.15) is 5.00 Å². The molecule has 0 spiro atoms. The van der Waals surface area contributed by atoms with E-state index in [0.717, 1.165) is 10.4 Å². The van der Waals surface area contributed by atoms with Crippen LogP contribution in [0.25, 0.3) is 10.4 Å². The molecule has 5 N–H and O–H groups in total. The molecule has 2 aromatic rings. The zero-order valence-electron chi connectivity index (χ0n) is 9.64. The first-order valence-electron chi connectivity index (χ1n) is 5.23. The van der Waals surface area contributed by atoms with Crippen LogP contribution in [0.4, 0.5) is 9.80 Å². The van der Waals surface area contributed by atoms with Crippen molar-refractivity contribution in [1.82, 2.24) is 0 Å². The van der Waals surface area contributed by atoms with Gasteiger partial charge < -0.3 is 11.5 Å². The van der Waals surface area contributed by atoms with Gasteiger partial charge in [-0.3, -0.25) is 10.1 Å². The van der Waals surface area contributed by atoms with Gasteiger partial charge in [0, 0.05) is 9.90 Å². The van der Waals surface area contributed by atoms with E-state index in [-0.39, 0.29) is 5.56 Å². The lowest BCUT2D eigenvalue weighted by molar-refractivity contribution is 0.100. The Morgan fingerprint density at radius 3 is 2.32 bits per heavy atom. The maximum Gasteiger partial charge on any atom is 0.317 e. The van der Waals surface area contributed by atoms with E-state index in [9.17, 15) is 9.59 Å². The standard InChI is InChI=1S/C12H10ClN3O2S/c13-7-3-1-6(2-4-7)9-5-8(10(14)17)11(19-9)16-12(15)18/h1-5H,(H2,14,17)(H3,15,16,18). The number of hydrogen-bond acceptors (Lipinski definition) is 3. The number of benzene rings is 1. The van der Waals surface area contributed by atoms with Crippen LogP contribution in [0, 0.1) is 0 Å². The van der Waals surface area contributed by atoms with Crippen molar-refractivity contribution in [3.63, 3.8) is 0 Å². The largest absolute Gasteiger partial charge is 0.366 e. The molecule has 5 nitrogen and oxygen atoms in total. The molecule has 0 atom stereocenters. The van der Waals surface area contributed by atoms with Crippen LogP contribution in [0.2, 0.25) is 5.02 Å². The normalized spacial score (nSPS) is 10.2. The third kappa shape index (κ3) is 3.04. The van der Waals surface area contributed by atoms with Crippen molar-refractivity contribution in [2.24, 2.45) is 11.5 Å². The minimum absolute atomic E-state index is 0.230. The first-order chi connectivity index (χ1) is 8.97. The zero-order chi connectivity index (χ0) is 14.0. The Balaban J connectivity index is 2.45. The Morgan fingerprint density at radius 2 is 1.79 bits per heavy atom. The predicted octanol–water partition coefficient (Wildman–Crippen LogP) is 2.66. The summed E-state index contributed by atoms with van der Waals surface area (Å²) in [5, 5.41) is 3.34. The molecule has 2 rings (SSSR count). The van der Waals surface area contributed by atoms with Crippen LogP contribution >= 0.6 is 22.9 Å². The van der Waals surface area contributed by atoms with E-state index in [0.29, 0.717) is 10.0 Å². The van der Waals surface area contributed by atoms with E-state index in [2.05, 4.69) is 5.32 Å². The number of carbonyl (C=O) groups excluding carboxylic acids is 2. The van der Waals surface area contributed by atoms with E-state index < -0.39 is 11.9 Å². The molecular weight excluding hydrogens is 286 g/mol. The summed E-state index contributed by atoms with van der Waals surface area (Å²) >= 11 is 7.03. The fraction of sp³-hybridized carbons (Fsp3) is 0. The van der Waals surface area contributed by atoms with E-state index in [1.807, 2.05) is 12.1 Å². The third-order valence-electron chi connectivity index (χ3n) is 2.36. The molecule has 0 radical (unpaired) electrons. The topological polar surface area (TPSA) is 98.2 Å². The highest BCUT2D eigenvalue weighted by Crippen LogP contribution is 2.35. The van der Waals surface area contributed by atoms with Crippen molar-refractivity contribution < 1.29 is 9.59 Å². The molecule has 0 saturated heterocycles. The number of urea groups is 1. The number of anilines is 1. The van der Waals surface area contributed by atoms with Crippen LogP contribution in [0.1, 0.15) is 10.4 Å². The number of thiophene rings is 1. The number of hydrogen-bond donors (Lipinski definition) is 3. The summed E-state index contributed by atoms with van der Waals surface area (Å²) in [5.74, 6) is -0.625. The van der Waals surface area contributed by atoms with E-state index >= 15 is 0 Å². The van der Waals surface area contributed by atoms with Gasteiger partial charge in [-0.25, -0.2) is 4.79 Å². The second kappa shape index (κ2) is 5.29. The maximum atomic E-state index is 11.3. The number of nitrogens with one attached hydrogen (secondary N) is 1. The third-order valence-corrected chi connectivity index (χ3v) is 3.71. The molecule has 1 aromatic heterocycles. The van der Waals surface area contributed by atoms with Gasteiger partial charge in [-0.1, -0.05) is 23.7 Å². The number of halogens is 1. The molecule has 7 heteroatoms. The lowest BCUT2D eigenvalue weighted by Gasteiger charge is -1.99. The second-order valence-electron chi connectivity index (χ2n) is 3.71. The SMILES string of the molecule is NC(=O)Nc1sc(-c2ccc(Cl)cc2)cc1C(N)=O. The summed E-state index contributed by atoms with van der Waals surface area (Å²) in [6.07, 6.45) is 0. The molecular formula is C12H10ClN3O2S. The van der Waals surface area contributed by atoms with Gasteiger partial charge in [0.05, 0.1) is 5.56 Å². The van der Waals surface area contributed by atoms with Crippen LogP contribution in [0.15, 0.2) is 30.3 Å². The highest BCUT2D eigenvalue weighted by atomic mass is 35.5. The van der Waals surface area contributed by atoms with Crippen molar-refractivity contribution in [2.45, 2.75) is 0 Å². The van der Waals surface area contributed by atoms with Crippen LogP contribution in [0.5, 0.6) is 0 Å². The fourth-order valence-corrected chi connectivity index (χ4v) is 2.73. The van der Waals surface area contributed by atoms with Crippen LogP contribution in [0.3, 0.4) is 0 Å². The molecule has 19 heavy (non-hydrogen) atoms. The monoisotopic (exact) mass is 295 g/mol. The van der Waals surface area contributed by atoms with Crippen molar-refractivity contribution in [2.75, 3.05) is 5.32 Å². The van der Waals surface area contributed by atoms with Crippen LogP contribution < -0.4 is 16.8 Å². The summed E-state index contributed by atoms with van der Waals surface area (Å²) in [7, 11) is 0. The zero-order valence-corrected chi connectivity index (χ0v) is 11.2. The van der Waals surface area contributed by atoms with Gasteiger partial charge in [0.2, 0.25) is 0 Å². The average Bonchev–Trinajstić information content (AvgIpc) is 2.73. The summed E-state index contributed by atoms with van der Waals surface area (Å²) in [6.45, 7) is 0. The number of carbonyl (C=O) groups is 2. The van der Waals surface area contributed by atoms with Gasteiger partial charge in [0.15, 0.2) is 0 Å². The lowest BCUT2D eigenvalue weighted by atomic mass is 10.1. The molecule has 0 aliphatic heterocycles. The first kappa shape index (κ1) is 13.4. The maximum absolute atomic E-state index is 11.3. The lowest BCUT2D eigenvalue weighted by Crippen LogP contribution is -2.21. The van der Waals surface area contributed by atoms with Gasteiger partial charge in [-0.05, 0) is 23.8 Å². The predicted molar refractivity (Wildman–Crippen MR) is 76.5 cm³/mol. The van der Waals surface area contributed by atoms with Crippen molar-refractivity contribution in [3.05, 3.63) is 40.9 Å². The second-order valence-corrected chi connectivity index (χ2v) is 5.20. The van der Waals surface area contributed by atoms with Crippen LogP contribution in [-0.4, -0.2) is 11.9 Å². The first-order valence-corrected chi connectivity index (χ1v) is 6.43. The molecule has 0 aliphatic rings. The van der Waals surface area contributed by atoms with Gasteiger partial charge in [-0.15, -0.1) is 11.3 Å². The van der Waals surface area contributed by atoms with Crippen molar-refractivity contribution in [1.29, 1.82) is 0 Å². The molecule has 98 valence electrons. The van der Waals surface area contributed by atoms with E-state index in [1.165, 1.54) is 11.3 Å². The summed E-state index contributed by atoms with van der Waals surface area (Å²) < 4.78 is 0.